The van der Waals surface area contributed by atoms with Crippen molar-refractivity contribution in [2.45, 2.75) is 46.3 Å². The number of nitrogens with zero attached hydrogens (tertiary/aromatic N) is 5. The summed E-state index contributed by atoms with van der Waals surface area (Å²) in [6.07, 6.45) is 4.51. The largest absolute Gasteiger partial charge is 0.477 e. The Bertz CT molecular complexity index is 1730. The van der Waals surface area contributed by atoms with Gasteiger partial charge in [0.05, 0.1) is 22.3 Å². The van der Waals surface area contributed by atoms with Crippen LogP contribution in [0.1, 0.15) is 48.0 Å². The number of halogens is 1. The molecule has 4 aromatic rings. The van der Waals surface area contributed by atoms with E-state index in [0.29, 0.717) is 36.6 Å². The Morgan fingerprint density at radius 3 is 2.67 bits per heavy atom. The molecule has 206 valence electrons. The Balaban J connectivity index is 1.61. The number of hydrogen-bond acceptors (Lipinski definition) is 8. The molecule has 0 aliphatic carbocycles. The Morgan fingerprint density at radius 1 is 1.20 bits per heavy atom. The lowest BCUT2D eigenvalue weighted by atomic mass is 10.1. The zero-order valence-electron chi connectivity index (χ0n) is 22.4. The molecule has 0 bridgehead atoms. The van der Waals surface area contributed by atoms with Crippen molar-refractivity contribution in [3.8, 4) is 5.69 Å². The molecule has 0 saturated carbocycles. The van der Waals surface area contributed by atoms with Gasteiger partial charge in [-0.2, -0.15) is 0 Å². The first kappa shape index (κ1) is 27.1. The number of aryl methyl sites for hydroxylation is 1. The van der Waals surface area contributed by atoms with Gasteiger partial charge in [-0.25, -0.2) is 19.6 Å². The minimum atomic E-state index is -1.38. The normalized spacial score (nSPS) is 13.2. The van der Waals surface area contributed by atoms with Crippen LogP contribution in [0, 0.1) is 6.92 Å². The summed E-state index contributed by atoms with van der Waals surface area (Å²) in [5, 5.41) is 12.6. The van der Waals surface area contributed by atoms with Gasteiger partial charge < -0.3 is 14.7 Å². The predicted molar refractivity (Wildman–Crippen MR) is 151 cm³/mol. The van der Waals surface area contributed by atoms with Crippen molar-refractivity contribution in [2.75, 3.05) is 16.8 Å². The molecule has 5 rings (SSSR count). The Labute approximate surface area is 234 Å². The number of hydrogen-bond donors (Lipinski definition) is 2. The Kier molecular flexibility index (Phi) is 6.92. The molecule has 4 aromatic heterocycles. The highest BCUT2D eigenvalue weighted by Crippen LogP contribution is 2.32. The second-order valence-corrected chi connectivity index (χ2v) is 10.9. The molecule has 0 radical (unpaired) electrons. The second-order valence-electron chi connectivity index (χ2n) is 10.5. The first-order valence-corrected chi connectivity index (χ1v) is 12.9. The van der Waals surface area contributed by atoms with Crippen LogP contribution in [-0.4, -0.2) is 48.8 Å². The highest BCUT2D eigenvalue weighted by Gasteiger charge is 2.24. The number of aromatic carboxylic acids is 1. The molecule has 2 N–H and O–H groups in total. The molecule has 5 heterocycles. The van der Waals surface area contributed by atoms with Crippen molar-refractivity contribution in [2.24, 2.45) is 0 Å². The number of carboxylic acid groups (broad SMARTS) is 1. The summed E-state index contributed by atoms with van der Waals surface area (Å²) in [6, 6.07) is 6.96. The molecular weight excluding hydrogens is 536 g/mol. The van der Waals surface area contributed by atoms with E-state index in [1.165, 1.54) is 23.0 Å². The molecule has 0 atom stereocenters. The van der Waals surface area contributed by atoms with E-state index < -0.39 is 28.7 Å². The fraction of sp³-hybridized carbons (Fsp3) is 0.286. The first-order chi connectivity index (χ1) is 18.9. The van der Waals surface area contributed by atoms with Crippen LogP contribution in [0.5, 0.6) is 0 Å². The fourth-order valence-electron chi connectivity index (χ4n) is 4.60. The van der Waals surface area contributed by atoms with Gasteiger partial charge in [-0.1, -0.05) is 17.7 Å². The number of nitrogens with one attached hydrogen (secondary N) is 1. The van der Waals surface area contributed by atoms with E-state index in [1.807, 2.05) is 17.0 Å². The highest BCUT2D eigenvalue weighted by molar-refractivity contribution is 6.33. The first-order valence-electron chi connectivity index (χ1n) is 12.6. The number of aromatic nitrogens is 4. The van der Waals surface area contributed by atoms with Crippen LogP contribution in [0.2, 0.25) is 5.02 Å². The van der Waals surface area contributed by atoms with Gasteiger partial charge in [0, 0.05) is 37.6 Å². The molecule has 0 unspecified atom stereocenters. The molecular formula is C28H27ClN6O5. The summed E-state index contributed by atoms with van der Waals surface area (Å²) >= 11 is 6.63. The summed E-state index contributed by atoms with van der Waals surface area (Å²) in [6.45, 7) is 8.18. The van der Waals surface area contributed by atoms with Crippen LogP contribution in [-0.2, 0) is 17.7 Å². The molecule has 1 aliphatic heterocycles. The number of anilines is 2. The number of carboxylic acids is 1. The lowest BCUT2D eigenvalue weighted by Gasteiger charge is -2.30. The fourth-order valence-corrected chi connectivity index (χ4v) is 4.87. The molecule has 0 aromatic carbocycles. The minimum Gasteiger partial charge on any atom is -0.477 e. The topological polar surface area (TPSA) is 140 Å². The number of fused-ring (bicyclic) bond motifs is 2. The van der Waals surface area contributed by atoms with Crippen molar-refractivity contribution in [1.29, 1.82) is 0 Å². The van der Waals surface area contributed by atoms with Crippen LogP contribution >= 0.6 is 11.6 Å². The van der Waals surface area contributed by atoms with Crippen molar-refractivity contribution < 1.29 is 19.4 Å². The van der Waals surface area contributed by atoms with E-state index in [-0.39, 0.29) is 21.9 Å². The highest BCUT2D eigenvalue weighted by atomic mass is 35.5. The standard InChI is InChI=1S/C28H27ClN6O5/c1-15-10-22(32-27(39)40-28(2,3)4)31-12-21(15)35-14-18(26(37)38)23(36)17-11-19(29)25(33-24(17)35)34-9-7-20-16(13-34)6-5-8-30-20/h5-6,8,10-12,14H,7,9,13H2,1-4H3,(H,37,38)(H,31,32,39). The number of pyridine rings is 4. The third kappa shape index (κ3) is 5.32. The molecule has 12 heteroatoms. The maximum Gasteiger partial charge on any atom is 0.413 e. The van der Waals surface area contributed by atoms with Crippen molar-refractivity contribution in [3.63, 3.8) is 0 Å². The second kappa shape index (κ2) is 10.2. The Hall–Kier alpha value is -4.51. The van der Waals surface area contributed by atoms with Crippen molar-refractivity contribution >= 4 is 46.3 Å². The third-order valence-corrected chi connectivity index (χ3v) is 6.66. The lowest BCUT2D eigenvalue weighted by Crippen LogP contribution is -2.32. The van der Waals surface area contributed by atoms with Gasteiger partial charge >= 0.3 is 12.1 Å². The predicted octanol–water partition coefficient (Wildman–Crippen LogP) is 4.75. The minimum absolute atomic E-state index is 0.0584. The van der Waals surface area contributed by atoms with Crippen LogP contribution in [0.15, 0.2) is 47.7 Å². The van der Waals surface area contributed by atoms with E-state index in [2.05, 4.69) is 15.3 Å². The molecule has 40 heavy (non-hydrogen) atoms. The van der Waals surface area contributed by atoms with E-state index in [1.54, 1.807) is 40.0 Å². The van der Waals surface area contributed by atoms with Gasteiger partial charge in [-0.3, -0.25) is 19.7 Å². The maximum atomic E-state index is 13.1. The molecule has 0 saturated heterocycles. The van der Waals surface area contributed by atoms with Gasteiger partial charge in [0.15, 0.2) is 5.65 Å². The van der Waals surface area contributed by atoms with Crippen molar-refractivity contribution in [1.82, 2.24) is 19.5 Å². The smallest absolute Gasteiger partial charge is 0.413 e. The van der Waals surface area contributed by atoms with Gasteiger partial charge in [0.1, 0.15) is 22.8 Å². The van der Waals surface area contributed by atoms with Crippen LogP contribution in [0.4, 0.5) is 16.4 Å². The quantitative estimate of drug-likeness (QED) is 0.360. The summed E-state index contributed by atoms with van der Waals surface area (Å²) in [7, 11) is 0. The van der Waals surface area contributed by atoms with Gasteiger partial charge in [0.2, 0.25) is 5.43 Å². The average Bonchev–Trinajstić information content (AvgIpc) is 2.88. The van der Waals surface area contributed by atoms with E-state index >= 15 is 0 Å². The molecule has 11 nitrogen and oxygen atoms in total. The van der Waals surface area contributed by atoms with E-state index in [9.17, 15) is 19.5 Å². The SMILES string of the molecule is Cc1cc(NC(=O)OC(C)(C)C)ncc1-n1cc(C(=O)O)c(=O)c2cc(Cl)c(N3CCc4ncccc4C3)nc21. The summed E-state index contributed by atoms with van der Waals surface area (Å²) < 4.78 is 6.80. The molecule has 1 amide bonds. The maximum absolute atomic E-state index is 13.1. The lowest BCUT2D eigenvalue weighted by molar-refractivity contribution is 0.0633. The van der Waals surface area contributed by atoms with E-state index in [4.69, 9.17) is 21.3 Å². The van der Waals surface area contributed by atoms with Crippen LogP contribution < -0.4 is 15.6 Å². The van der Waals surface area contributed by atoms with Crippen LogP contribution in [0.3, 0.4) is 0 Å². The van der Waals surface area contributed by atoms with Gasteiger partial charge in [0.25, 0.3) is 0 Å². The van der Waals surface area contributed by atoms with E-state index in [0.717, 1.165) is 11.3 Å². The number of rotatable bonds is 4. The van der Waals surface area contributed by atoms with Gasteiger partial charge in [-0.15, -0.1) is 0 Å². The third-order valence-electron chi connectivity index (χ3n) is 6.38. The zero-order chi connectivity index (χ0) is 28.8. The zero-order valence-corrected chi connectivity index (χ0v) is 23.1. The van der Waals surface area contributed by atoms with Crippen LogP contribution in [0.25, 0.3) is 16.7 Å². The number of amides is 1. The average molecular weight is 563 g/mol. The number of ether oxygens (including phenoxy) is 1. The Morgan fingerprint density at radius 2 is 1.98 bits per heavy atom. The monoisotopic (exact) mass is 562 g/mol. The molecule has 1 aliphatic rings. The van der Waals surface area contributed by atoms with Gasteiger partial charge in [-0.05, 0) is 57.0 Å². The molecule has 0 spiro atoms. The summed E-state index contributed by atoms with van der Waals surface area (Å²) in [5.74, 6) is -0.667. The number of carbonyl (C=O) groups excluding carboxylic acids is 1. The summed E-state index contributed by atoms with van der Waals surface area (Å²) in [5.41, 5.74) is 1.59. The summed E-state index contributed by atoms with van der Waals surface area (Å²) in [4.78, 5) is 52.9. The van der Waals surface area contributed by atoms with Crippen molar-refractivity contribution in [3.05, 3.63) is 80.5 Å². The molecule has 0 fully saturated rings. The number of carbonyl (C=O) groups is 2.